The fraction of sp³-hybridized carbons (Fsp3) is 0.925. The van der Waals surface area contributed by atoms with Crippen molar-refractivity contribution in [2.75, 3.05) is 13.2 Å². The van der Waals surface area contributed by atoms with E-state index in [9.17, 15) is 30.3 Å². The van der Waals surface area contributed by atoms with Crippen molar-refractivity contribution in [2.45, 2.75) is 384 Å². The van der Waals surface area contributed by atoms with Gasteiger partial charge in [-0.05, 0) is 44.9 Å². The van der Waals surface area contributed by atoms with Gasteiger partial charge in [0.1, 0.15) is 24.4 Å². The molecule has 9 nitrogen and oxygen atoms in total. The van der Waals surface area contributed by atoms with Crippen LogP contribution in [-0.2, 0) is 14.3 Å². The van der Waals surface area contributed by atoms with Gasteiger partial charge >= 0.3 is 0 Å². The summed E-state index contributed by atoms with van der Waals surface area (Å²) < 4.78 is 11.3. The minimum atomic E-state index is -1.57. The number of carbonyl (C=O) groups is 1. The summed E-state index contributed by atoms with van der Waals surface area (Å²) in [6.07, 6.45) is 67.0. The van der Waals surface area contributed by atoms with Crippen molar-refractivity contribution in [1.29, 1.82) is 0 Å². The molecule has 7 unspecified atom stereocenters. The highest BCUT2D eigenvalue weighted by molar-refractivity contribution is 5.76. The molecule has 76 heavy (non-hydrogen) atoms. The highest BCUT2D eigenvalue weighted by atomic mass is 16.7. The van der Waals surface area contributed by atoms with Crippen LogP contribution in [0.25, 0.3) is 0 Å². The van der Waals surface area contributed by atoms with Gasteiger partial charge in [0.05, 0.1) is 25.4 Å². The minimum absolute atomic E-state index is 0.171. The Morgan fingerprint density at radius 3 is 1.07 bits per heavy atom. The quantitative estimate of drug-likeness (QED) is 0.0261. The predicted molar refractivity (Wildman–Crippen MR) is 323 cm³/mol. The first kappa shape index (κ1) is 72.7. The first-order valence-corrected chi connectivity index (χ1v) is 33.6. The highest BCUT2D eigenvalue weighted by Gasteiger charge is 2.44. The van der Waals surface area contributed by atoms with E-state index in [0.29, 0.717) is 6.42 Å². The normalized spacial score (nSPS) is 18.9. The average Bonchev–Trinajstić information content (AvgIpc) is 3.42. The van der Waals surface area contributed by atoms with Crippen LogP contribution in [-0.4, -0.2) is 87.5 Å². The lowest BCUT2D eigenvalue weighted by molar-refractivity contribution is -0.302. The fourth-order valence-electron chi connectivity index (χ4n) is 11.0. The number of hydrogen-bond donors (Lipinski definition) is 6. The molecule has 0 bridgehead atoms. The Bertz CT molecular complexity index is 1250. The lowest BCUT2D eigenvalue weighted by atomic mass is 9.99. The summed E-state index contributed by atoms with van der Waals surface area (Å²) >= 11 is 0. The Balaban J connectivity index is 2.15. The molecule has 0 aromatic rings. The van der Waals surface area contributed by atoms with E-state index in [1.807, 2.05) is 6.08 Å². The van der Waals surface area contributed by atoms with Gasteiger partial charge in [0.25, 0.3) is 0 Å². The number of aliphatic hydroxyl groups is 5. The molecule has 1 aliphatic rings. The first-order chi connectivity index (χ1) is 37.3. The van der Waals surface area contributed by atoms with Gasteiger partial charge in [-0.2, -0.15) is 0 Å². The minimum Gasteiger partial charge on any atom is -0.394 e. The fourth-order valence-corrected chi connectivity index (χ4v) is 11.0. The zero-order valence-electron chi connectivity index (χ0n) is 50.3. The monoisotopic (exact) mass is 1080 g/mol. The number of nitrogens with one attached hydrogen (secondary N) is 1. The van der Waals surface area contributed by atoms with E-state index >= 15 is 0 Å². The second kappa shape index (κ2) is 56.9. The molecule has 450 valence electrons. The lowest BCUT2D eigenvalue weighted by Gasteiger charge is -2.40. The Morgan fingerprint density at radius 1 is 0.434 bits per heavy atom. The Morgan fingerprint density at radius 2 is 0.737 bits per heavy atom. The molecule has 1 fully saturated rings. The van der Waals surface area contributed by atoms with Gasteiger partial charge < -0.3 is 40.3 Å². The summed E-state index contributed by atoms with van der Waals surface area (Å²) in [6.45, 7) is 3.83. The third kappa shape index (κ3) is 45.4. The summed E-state index contributed by atoms with van der Waals surface area (Å²) in [5.74, 6) is -0.171. The van der Waals surface area contributed by atoms with Crippen molar-refractivity contribution in [3.05, 3.63) is 24.3 Å². The molecular weight excluding hydrogens is 947 g/mol. The molecule has 0 aromatic carbocycles. The molecule has 0 aromatic heterocycles. The molecule has 1 aliphatic heterocycles. The van der Waals surface area contributed by atoms with E-state index in [-0.39, 0.29) is 12.5 Å². The van der Waals surface area contributed by atoms with E-state index in [1.54, 1.807) is 6.08 Å². The van der Waals surface area contributed by atoms with Crippen molar-refractivity contribution >= 4 is 5.91 Å². The van der Waals surface area contributed by atoms with Crippen molar-refractivity contribution < 1.29 is 39.8 Å². The van der Waals surface area contributed by atoms with E-state index in [1.165, 1.54) is 283 Å². The van der Waals surface area contributed by atoms with Crippen molar-refractivity contribution in [3.63, 3.8) is 0 Å². The summed E-state index contributed by atoms with van der Waals surface area (Å²) in [5, 5.41) is 54.7. The van der Waals surface area contributed by atoms with Gasteiger partial charge in [-0.15, -0.1) is 0 Å². The molecule has 0 aliphatic carbocycles. The largest absolute Gasteiger partial charge is 0.394 e. The van der Waals surface area contributed by atoms with Crippen LogP contribution >= 0.6 is 0 Å². The number of amides is 1. The van der Waals surface area contributed by atoms with Crippen LogP contribution in [0.2, 0.25) is 0 Å². The number of rotatable bonds is 59. The number of allylic oxidation sites excluding steroid dienone is 3. The van der Waals surface area contributed by atoms with Gasteiger partial charge in [0.2, 0.25) is 5.91 Å². The smallest absolute Gasteiger partial charge is 0.220 e. The topological polar surface area (TPSA) is 149 Å². The van der Waals surface area contributed by atoms with Crippen LogP contribution in [0, 0.1) is 0 Å². The zero-order valence-corrected chi connectivity index (χ0v) is 50.3. The molecule has 1 amide bonds. The first-order valence-electron chi connectivity index (χ1n) is 33.6. The molecule has 1 saturated heterocycles. The molecule has 6 N–H and O–H groups in total. The number of aliphatic hydroxyl groups excluding tert-OH is 5. The van der Waals surface area contributed by atoms with Crippen LogP contribution < -0.4 is 5.32 Å². The highest BCUT2D eigenvalue weighted by Crippen LogP contribution is 2.23. The molecule has 1 heterocycles. The second-order valence-corrected chi connectivity index (χ2v) is 23.6. The molecule has 0 saturated carbocycles. The van der Waals surface area contributed by atoms with E-state index in [0.717, 1.165) is 38.5 Å². The third-order valence-electron chi connectivity index (χ3n) is 16.3. The molecule has 1 rings (SSSR count). The van der Waals surface area contributed by atoms with Gasteiger partial charge in [-0.3, -0.25) is 4.79 Å². The van der Waals surface area contributed by atoms with Crippen LogP contribution in [0.5, 0.6) is 0 Å². The standard InChI is InChI=1S/C67H129NO8/c1-3-5-7-9-11-13-15-17-19-21-23-25-27-29-30-31-33-34-36-38-40-42-44-46-48-50-52-54-56-61(70)60(59-75-67-66(74)65(73)64(72)62(58-69)76-67)68-63(71)57-55-53-51-49-47-45-43-41-39-37-35-32-28-26-24-22-20-18-16-14-12-10-8-6-4-2/h22,24,54,56,60-62,64-67,69-70,72-74H,3-21,23,25-53,55,57-59H2,1-2H3,(H,68,71)/b24-22-,56-54+. The zero-order chi connectivity index (χ0) is 55.0. The maximum absolute atomic E-state index is 13.1. The van der Waals surface area contributed by atoms with Gasteiger partial charge in [-0.1, -0.05) is 314 Å². The Labute approximate surface area is 470 Å². The summed E-state index contributed by atoms with van der Waals surface area (Å²) in [5.41, 5.74) is 0. The van der Waals surface area contributed by atoms with E-state index < -0.39 is 49.5 Å². The summed E-state index contributed by atoms with van der Waals surface area (Å²) in [7, 11) is 0. The number of hydrogen-bond acceptors (Lipinski definition) is 8. The van der Waals surface area contributed by atoms with Crippen molar-refractivity contribution in [3.8, 4) is 0 Å². The van der Waals surface area contributed by atoms with E-state index in [2.05, 4.69) is 31.3 Å². The lowest BCUT2D eigenvalue weighted by Crippen LogP contribution is -2.60. The van der Waals surface area contributed by atoms with Crippen molar-refractivity contribution in [1.82, 2.24) is 5.32 Å². The predicted octanol–water partition coefficient (Wildman–Crippen LogP) is 17.7. The van der Waals surface area contributed by atoms with Crippen LogP contribution in [0.3, 0.4) is 0 Å². The Kier molecular flexibility index (Phi) is 54.4. The SMILES string of the molecule is CCCCCCCCCC/C=C\CCCCCCCCCCCCCCCC(=O)NC(COC1OC(CO)C(O)C(O)C1O)C(O)/C=C/CCCCCCCCCCCCCCCCCCCCCCCCCCCC. The molecule has 0 radical (unpaired) electrons. The molecule has 9 heteroatoms. The van der Waals surface area contributed by atoms with Crippen LogP contribution in [0.15, 0.2) is 24.3 Å². The van der Waals surface area contributed by atoms with Gasteiger partial charge in [0, 0.05) is 6.42 Å². The number of ether oxygens (including phenoxy) is 2. The van der Waals surface area contributed by atoms with Gasteiger partial charge in [0.15, 0.2) is 6.29 Å². The third-order valence-corrected chi connectivity index (χ3v) is 16.3. The summed E-state index contributed by atoms with van der Waals surface area (Å²) in [4.78, 5) is 13.1. The van der Waals surface area contributed by atoms with Gasteiger partial charge in [-0.25, -0.2) is 0 Å². The van der Waals surface area contributed by atoms with Crippen LogP contribution in [0.4, 0.5) is 0 Å². The summed E-state index contributed by atoms with van der Waals surface area (Å²) in [6, 6.07) is -0.804. The average molecular weight is 1080 g/mol. The maximum Gasteiger partial charge on any atom is 0.220 e. The molecule has 7 atom stereocenters. The maximum atomic E-state index is 13.1. The number of carbonyl (C=O) groups excluding carboxylic acids is 1. The van der Waals surface area contributed by atoms with Crippen molar-refractivity contribution in [2.24, 2.45) is 0 Å². The molecular formula is C67H129NO8. The van der Waals surface area contributed by atoms with Crippen LogP contribution in [0.1, 0.15) is 341 Å². The number of unbranched alkanes of at least 4 members (excludes halogenated alkanes) is 47. The molecule has 0 spiro atoms. The second-order valence-electron chi connectivity index (χ2n) is 23.6. The Hall–Kier alpha value is -1.33. The van der Waals surface area contributed by atoms with E-state index in [4.69, 9.17) is 9.47 Å².